The van der Waals surface area contributed by atoms with E-state index < -0.39 is 11.8 Å². The largest absolute Gasteiger partial charge is 0.493 e. The van der Waals surface area contributed by atoms with Crippen LogP contribution in [-0.4, -0.2) is 17.6 Å². The summed E-state index contributed by atoms with van der Waals surface area (Å²) in [5, 5.41) is 0. The number of hydrogen-bond donors (Lipinski definition) is 1. The maximum Gasteiger partial charge on any atom is 0.309 e. The third-order valence-electron chi connectivity index (χ3n) is 2.62. The van der Waals surface area contributed by atoms with Crippen LogP contribution in [0.3, 0.4) is 0 Å². The Bertz CT molecular complexity index is 602. The molecule has 0 spiro atoms. The Hall–Kier alpha value is -2.63. The minimum atomic E-state index is -0.463. The Labute approximate surface area is 121 Å². The maximum atomic E-state index is 12.9. The van der Waals surface area contributed by atoms with Crippen LogP contribution in [0.2, 0.25) is 0 Å². The van der Waals surface area contributed by atoms with Gasteiger partial charge in [0.05, 0.1) is 19.2 Å². The molecule has 2 N–H and O–H groups in total. The third kappa shape index (κ3) is 5.10. The Balaban J connectivity index is 1.69. The van der Waals surface area contributed by atoms with E-state index in [1.807, 2.05) is 0 Å². The van der Waals surface area contributed by atoms with E-state index in [1.54, 1.807) is 24.3 Å². The van der Waals surface area contributed by atoms with Crippen LogP contribution in [0.5, 0.6) is 5.75 Å². The van der Waals surface area contributed by atoms with Crippen molar-refractivity contribution >= 4 is 11.7 Å². The van der Waals surface area contributed by atoms with Crippen molar-refractivity contribution in [3.05, 3.63) is 54.1 Å². The smallest absolute Gasteiger partial charge is 0.309 e. The highest BCUT2D eigenvalue weighted by Gasteiger charge is 2.05. The molecule has 0 aliphatic heterocycles. The average Bonchev–Trinajstić information content (AvgIpc) is 2.47. The number of carbonyl (C=O) groups excluding carboxylic acids is 1. The van der Waals surface area contributed by atoms with Gasteiger partial charge in [0.2, 0.25) is 0 Å². The highest BCUT2D eigenvalue weighted by atomic mass is 19.1. The molecule has 0 amide bonds. The van der Waals surface area contributed by atoms with Gasteiger partial charge in [-0.1, -0.05) is 0 Å². The summed E-state index contributed by atoms with van der Waals surface area (Å²) in [5.74, 6) is -0.253. The Morgan fingerprint density at radius 2 is 2.00 bits per heavy atom. The number of hydrogen-bond acceptors (Lipinski definition) is 5. The third-order valence-corrected chi connectivity index (χ3v) is 2.62. The standard InChI is InChI=1S/C15H15FN2O3/c16-12-7-11(8-18-9-12)10-21-15(19)5-6-20-14-3-1-13(17)2-4-14/h1-4,7-9H,5-6,10,17H2. The SMILES string of the molecule is Nc1ccc(OCCC(=O)OCc2cncc(F)c2)cc1. The predicted octanol–water partition coefficient (Wildman–Crippen LogP) is 2.32. The van der Waals surface area contributed by atoms with Crippen molar-refractivity contribution in [1.82, 2.24) is 4.98 Å². The summed E-state index contributed by atoms with van der Waals surface area (Å²) < 4.78 is 23.2. The maximum absolute atomic E-state index is 12.9. The number of nitrogens with two attached hydrogens (primary N) is 1. The molecule has 0 atom stereocenters. The molecule has 110 valence electrons. The fourth-order valence-electron chi connectivity index (χ4n) is 1.59. The molecule has 0 unspecified atom stereocenters. The number of rotatable bonds is 6. The molecular formula is C15H15FN2O3. The van der Waals surface area contributed by atoms with Gasteiger partial charge in [-0.3, -0.25) is 9.78 Å². The number of halogens is 1. The summed E-state index contributed by atoms with van der Waals surface area (Å²) in [4.78, 5) is 15.2. The summed E-state index contributed by atoms with van der Waals surface area (Å²) in [5.41, 5.74) is 6.69. The van der Waals surface area contributed by atoms with Crippen LogP contribution in [0, 0.1) is 5.82 Å². The van der Waals surface area contributed by atoms with Gasteiger partial charge in [-0.25, -0.2) is 4.39 Å². The number of anilines is 1. The van der Waals surface area contributed by atoms with E-state index in [2.05, 4.69) is 4.98 Å². The second kappa shape index (κ2) is 7.23. The Morgan fingerprint density at radius 3 is 2.71 bits per heavy atom. The van der Waals surface area contributed by atoms with Crippen molar-refractivity contribution < 1.29 is 18.7 Å². The van der Waals surface area contributed by atoms with Crippen molar-refractivity contribution in [3.8, 4) is 5.75 Å². The van der Waals surface area contributed by atoms with Crippen molar-refractivity contribution in [3.63, 3.8) is 0 Å². The lowest BCUT2D eigenvalue weighted by Gasteiger charge is -2.07. The summed E-state index contributed by atoms with van der Waals surface area (Å²) >= 11 is 0. The number of carbonyl (C=O) groups is 1. The molecule has 1 heterocycles. The van der Waals surface area contributed by atoms with Crippen molar-refractivity contribution in [2.24, 2.45) is 0 Å². The van der Waals surface area contributed by atoms with Crippen molar-refractivity contribution in [2.75, 3.05) is 12.3 Å². The zero-order valence-electron chi connectivity index (χ0n) is 11.3. The van der Waals surface area contributed by atoms with Crippen LogP contribution in [0.25, 0.3) is 0 Å². The van der Waals surface area contributed by atoms with E-state index in [0.717, 1.165) is 6.20 Å². The van der Waals surface area contributed by atoms with Crippen LogP contribution in [0.4, 0.5) is 10.1 Å². The first-order chi connectivity index (χ1) is 10.1. The molecule has 5 nitrogen and oxygen atoms in total. The molecule has 0 saturated heterocycles. The first-order valence-electron chi connectivity index (χ1n) is 6.37. The number of esters is 1. The molecule has 6 heteroatoms. The second-order valence-corrected chi connectivity index (χ2v) is 4.34. The zero-order chi connectivity index (χ0) is 15.1. The van der Waals surface area contributed by atoms with Crippen LogP contribution >= 0.6 is 0 Å². The molecule has 0 bridgehead atoms. The van der Waals surface area contributed by atoms with E-state index in [-0.39, 0.29) is 19.6 Å². The second-order valence-electron chi connectivity index (χ2n) is 4.34. The molecule has 2 aromatic rings. The van der Waals surface area contributed by atoms with Gasteiger partial charge in [-0.05, 0) is 30.3 Å². The van der Waals surface area contributed by atoms with E-state index in [0.29, 0.717) is 17.0 Å². The highest BCUT2D eigenvalue weighted by molar-refractivity contribution is 5.69. The van der Waals surface area contributed by atoms with Gasteiger partial charge in [0.25, 0.3) is 0 Å². The van der Waals surface area contributed by atoms with Gasteiger partial charge in [0, 0.05) is 17.4 Å². The molecule has 0 saturated carbocycles. The first-order valence-corrected chi connectivity index (χ1v) is 6.37. The Kier molecular flexibility index (Phi) is 5.09. The van der Waals surface area contributed by atoms with Gasteiger partial charge in [0.1, 0.15) is 18.2 Å². The van der Waals surface area contributed by atoms with Crippen LogP contribution < -0.4 is 10.5 Å². The van der Waals surface area contributed by atoms with Crippen LogP contribution in [0.1, 0.15) is 12.0 Å². The molecule has 0 radical (unpaired) electrons. The number of nitrogen functional groups attached to an aromatic ring is 1. The van der Waals surface area contributed by atoms with E-state index in [1.165, 1.54) is 12.3 Å². The number of nitrogens with zero attached hydrogens (tertiary/aromatic N) is 1. The van der Waals surface area contributed by atoms with E-state index in [4.69, 9.17) is 15.2 Å². The fraction of sp³-hybridized carbons (Fsp3) is 0.200. The van der Waals surface area contributed by atoms with Gasteiger partial charge >= 0.3 is 5.97 Å². The molecule has 0 aliphatic carbocycles. The lowest BCUT2D eigenvalue weighted by molar-refractivity contribution is -0.145. The number of pyridine rings is 1. The van der Waals surface area contributed by atoms with Crippen molar-refractivity contribution in [2.45, 2.75) is 13.0 Å². The molecular weight excluding hydrogens is 275 g/mol. The monoisotopic (exact) mass is 290 g/mol. The molecule has 1 aromatic heterocycles. The summed E-state index contributed by atoms with van der Waals surface area (Å²) in [6.07, 6.45) is 2.64. The average molecular weight is 290 g/mol. The summed E-state index contributed by atoms with van der Waals surface area (Å²) in [7, 11) is 0. The van der Waals surface area contributed by atoms with Gasteiger partial charge in [-0.15, -0.1) is 0 Å². The number of benzene rings is 1. The van der Waals surface area contributed by atoms with Crippen molar-refractivity contribution in [1.29, 1.82) is 0 Å². The van der Waals surface area contributed by atoms with Crippen LogP contribution in [0.15, 0.2) is 42.7 Å². The number of ether oxygens (including phenoxy) is 2. The Morgan fingerprint density at radius 1 is 1.24 bits per heavy atom. The predicted molar refractivity (Wildman–Crippen MR) is 75.0 cm³/mol. The molecule has 0 aliphatic rings. The van der Waals surface area contributed by atoms with Gasteiger partial charge in [0.15, 0.2) is 0 Å². The normalized spacial score (nSPS) is 10.1. The lowest BCUT2D eigenvalue weighted by atomic mass is 10.3. The van der Waals surface area contributed by atoms with Crippen LogP contribution in [-0.2, 0) is 16.1 Å². The molecule has 2 rings (SSSR count). The topological polar surface area (TPSA) is 74.4 Å². The lowest BCUT2D eigenvalue weighted by Crippen LogP contribution is -2.10. The molecule has 21 heavy (non-hydrogen) atoms. The zero-order valence-corrected chi connectivity index (χ0v) is 11.3. The molecule has 0 fully saturated rings. The first kappa shape index (κ1) is 14.8. The highest BCUT2D eigenvalue weighted by Crippen LogP contribution is 2.13. The minimum Gasteiger partial charge on any atom is -0.493 e. The summed E-state index contributed by atoms with van der Waals surface area (Å²) in [6.45, 7) is 0.190. The van der Waals surface area contributed by atoms with E-state index >= 15 is 0 Å². The van der Waals surface area contributed by atoms with Gasteiger partial charge < -0.3 is 15.2 Å². The number of aromatic nitrogens is 1. The van der Waals surface area contributed by atoms with E-state index in [9.17, 15) is 9.18 Å². The minimum absolute atomic E-state index is 0.00847. The molecule has 1 aromatic carbocycles. The summed E-state index contributed by atoms with van der Waals surface area (Å²) in [6, 6.07) is 8.14. The fourth-order valence-corrected chi connectivity index (χ4v) is 1.59. The van der Waals surface area contributed by atoms with Gasteiger partial charge in [-0.2, -0.15) is 0 Å². The quantitative estimate of drug-likeness (QED) is 0.652.